The molecule has 2 bridgehead atoms. The van der Waals surface area contributed by atoms with Crippen molar-refractivity contribution in [2.45, 2.75) is 6.92 Å². The Labute approximate surface area is 178 Å². The van der Waals surface area contributed by atoms with E-state index in [1.54, 1.807) is 0 Å². The molecule has 2 aromatic rings. The molecule has 156 valence electrons. The van der Waals surface area contributed by atoms with Gasteiger partial charge in [-0.3, -0.25) is 19.7 Å². The van der Waals surface area contributed by atoms with Crippen LogP contribution >= 0.6 is 0 Å². The van der Waals surface area contributed by atoms with Gasteiger partial charge in [0.1, 0.15) is 5.75 Å². The highest BCUT2D eigenvalue weighted by atomic mass is 16.6. The summed E-state index contributed by atoms with van der Waals surface area (Å²) in [6.45, 7) is 2.05. The van der Waals surface area contributed by atoms with E-state index >= 15 is 0 Å². The van der Waals surface area contributed by atoms with Gasteiger partial charge in [0.05, 0.1) is 35.6 Å². The van der Waals surface area contributed by atoms with Crippen molar-refractivity contribution in [3.63, 3.8) is 0 Å². The SMILES string of the molecule is COc1cc([N+](=O)[O-])ccc1N1C(=O)[C@@H]2[C@@H](C1=O)[C@H]1C=C[C@H]2C1=C(C)c1ccccc1. The van der Waals surface area contributed by atoms with Gasteiger partial charge in [-0.25, -0.2) is 4.90 Å². The molecule has 1 aliphatic heterocycles. The van der Waals surface area contributed by atoms with Gasteiger partial charge in [0, 0.05) is 17.9 Å². The zero-order valence-corrected chi connectivity index (χ0v) is 17.0. The molecule has 0 unspecified atom stereocenters. The Morgan fingerprint density at radius 3 is 2.16 bits per heavy atom. The average Bonchev–Trinajstić information content (AvgIpc) is 3.43. The number of fused-ring (bicyclic) bond motifs is 5. The molecule has 2 aromatic carbocycles. The van der Waals surface area contributed by atoms with Crippen LogP contribution in [0, 0.1) is 33.8 Å². The van der Waals surface area contributed by atoms with E-state index in [4.69, 9.17) is 4.74 Å². The number of anilines is 1. The number of nitro groups is 1. The number of allylic oxidation sites excluding steroid dienone is 4. The summed E-state index contributed by atoms with van der Waals surface area (Å²) in [7, 11) is 1.36. The maximum Gasteiger partial charge on any atom is 0.273 e. The number of methoxy groups -OCH3 is 1. The van der Waals surface area contributed by atoms with Gasteiger partial charge in [-0.15, -0.1) is 0 Å². The fourth-order valence-electron chi connectivity index (χ4n) is 5.32. The first-order valence-electron chi connectivity index (χ1n) is 10.1. The van der Waals surface area contributed by atoms with Crippen molar-refractivity contribution in [2.75, 3.05) is 12.0 Å². The Bertz CT molecular complexity index is 1150. The summed E-state index contributed by atoms with van der Waals surface area (Å²) >= 11 is 0. The maximum absolute atomic E-state index is 13.4. The molecule has 5 rings (SSSR count). The molecule has 31 heavy (non-hydrogen) atoms. The van der Waals surface area contributed by atoms with Crippen LogP contribution in [0.3, 0.4) is 0 Å². The highest BCUT2D eigenvalue weighted by molar-refractivity contribution is 6.24. The molecule has 7 heteroatoms. The minimum atomic E-state index is -0.539. The molecule has 0 aromatic heterocycles. The summed E-state index contributed by atoms with van der Waals surface area (Å²) < 4.78 is 5.28. The number of nitrogens with zero attached hydrogens (tertiary/aromatic N) is 2. The molecule has 2 fully saturated rings. The van der Waals surface area contributed by atoms with Gasteiger partial charge in [0.15, 0.2) is 0 Å². The van der Waals surface area contributed by atoms with E-state index in [0.717, 1.165) is 21.6 Å². The second-order valence-corrected chi connectivity index (χ2v) is 8.06. The molecule has 2 aliphatic carbocycles. The number of nitro benzene ring substituents is 1. The Morgan fingerprint density at radius 2 is 1.61 bits per heavy atom. The normalized spacial score (nSPS) is 25.9. The maximum atomic E-state index is 13.4. The van der Waals surface area contributed by atoms with Gasteiger partial charge in [-0.2, -0.15) is 0 Å². The van der Waals surface area contributed by atoms with Crippen LogP contribution in [-0.4, -0.2) is 23.8 Å². The minimum absolute atomic E-state index is 0.124. The molecule has 1 saturated heterocycles. The number of carbonyl (C=O) groups excluding carboxylic acids is 2. The lowest BCUT2D eigenvalue weighted by atomic mass is 9.85. The number of amides is 2. The zero-order chi connectivity index (χ0) is 21.9. The number of benzene rings is 2. The molecular formula is C24H20N2O5. The van der Waals surface area contributed by atoms with Crippen molar-refractivity contribution >= 4 is 28.8 Å². The van der Waals surface area contributed by atoms with Crippen molar-refractivity contribution in [1.29, 1.82) is 0 Å². The lowest BCUT2D eigenvalue weighted by Crippen LogP contribution is -2.33. The van der Waals surface area contributed by atoms with E-state index in [2.05, 4.69) is 0 Å². The van der Waals surface area contributed by atoms with Crippen molar-refractivity contribution in [2.24, 2.45) is 23.7 Å². The summed E-state index contributed by atoms with van der Waals surface area (Å²) in [5, 5.41) is 11.1. The van der Waals surface area contributed by atoms with Gasteiger partial charge in [-0.1, -0.05) is 48.1 Å². The molecule has 1 saturated carbocycles. The van der Waals surface area contributed by atoms with Crippen LogP contribution in [-0.2, 0) is 9.59 Å². The number of hydrogen-bond acceptors (Lipinski definition) is 5. The van der Waals surface area contributed by atoms with E-state index < -0.39 is 16.8 Å². The quantitative estimate of drug-likeness (QED) is 0.325. The lowest BCUT2D eigenvalue weighted by molar-refractivity contribution is -0.384. The van der Waals surface area contributed by atoms with Crippen LogP contribution in [0.1, 0.15) is 12.5 Å². The molecule has 1 heterocycles. The Balaban J connectivity index is 1.54. The fourth-order valence-corrected chi connectivity index (χ4v) is 5.32. The van der Waals surface area contributed by atoms with Crippen LogP contribution in [0.5, 0.6) is 5.75 Å². The second-order valence-electron chi connectivity index (χ2n) is 8.06. The number of hydrogen-bond donors (Lipinski definition) is 0. The van der Waals surface area contributed by atoms with E-state index in [1.165, 1.54) is 25.3 Å². The Morgan fingerprint density at radius 1 is 1.00 bits per heavy atom. The van der Waals surface area contributed by atoms with Gasteiger partial charge in [0.25, 0.3) is 5.69 Å². The van der Waals surface area contributed by atoms with Crippen molar-refractivity contribution < 1.29 is 19.2 Å². The fraction of sp³-hybridized carbons (Fsp3) is 0.250. The topological polar surface area (TPSA) is 89.8 Å². The monoisotopic (exact) mass is 416 g/mol. The van der Waals surface area contributed by atoms with E-state index in [0.29, 0.717) is 0 Å². The van der Waals surface area contributed by atoms with Crippen LogP contribution in [0.4, 0.5) is 11.4 Å². The highest BCUT2D eigenvalue weighted by Gasteiger charge is 2.62. The Kier molecular flexibility index (Phi) is 4.28. The number of carbonyl (C=O) groups is 2. The summed E-state index contributed by atoms with van der Waals surface area (Å²) in [4.78, 5) is 38.6. The summed E-state index contributed by atoms with van der Waals surface area (Å²) in [5.74, 6) is -1.60. The highest BCUT2D eigenvalue weighted by Crippen LogP contribution is 2.58. The standard InChI is InChI=1S/C24H20N2O5/c1-13(14-6-4-3-5-7-14)20-16-9-10-17(20)22-21(16)23(27)25(24(22)28)18-11-8-15(26(29)30)12-19(18)31-2/h3-12,16-17,21-22H,1-2H3/t16-,17-,21-,22-/m0/s1. The van der Waals surface area contributed by atoms with Crippen molar-refractivity contribution in [3.05, 3.63) is 81.9 Å². The smallest absolute Gasteiger partial charge is 0.273 e. The van der Waals surface area contributed by atoms with E-state index in [9.17, 15) is 19.7 Å². The molecule has 7 nitrogen and oxygen atoms in total. The molecule has 0 radical (unpaired) electrons. The molecule has 2 amide bonds. The van der Waals surface area contributed by atoms with E-state index in [-0.39, 0.29) is 40.8 Å². The molecule has 3 aliphatic rings. The van der Waals surface area contributed by atoms with Gasteiger partial charge < -0.3 is 4.74 Å². The Hall–Kier alpha value is -3.74. The largest absolute Gasteiger partial charge is 0.494 e. The second kappa shape index (κ2) is 6.91. The number of non-ortho nitro benzene ring substituents is 1. The summed E-state index contributed by atoms with van der Waals surface area (Å²) in [6.07, 6.45) is 4.07. The summed E-state index contributed by atoms with van der Waals surface area (Å²) in [5.41, 5.74) is 3.42. The molecule has 0 N–H and O–H groups in total. The third-order valence-electron chi connectivity index (χ3n) is 6.67. The first kappa shape index (κ1) is 19.2. The van der Waals surface area contributed by atoms with Crippen molar-refractivity contribution in [3.8, 4) is 5.75 Å². The predicted octanol–water partition coefficient (Wildman–Crippen LogP) is 4.00. The molecule has 0 spiro atoms. The lowest BCUT2D eigenvalue weighted by Gasteiger charge is -2.21. The first-order valence-corrected chi connectivity index (χ1v) is 10.1. The van der Waals surface area contributed by atoms with Gasteiger partial charge >= 0.3 is 0 Å². The van der Waals surface area contributed by atoms with Crippen molar-refractivity contribution in [1.82, 2.24) is 0 Å². The van der Waals surface area contributed by atoms with Gasteiger partial charge in [-0.05, 0) is 24.1 Å². The molecule has 4 atom stereocenters. The van der Waals surface area contributed by atoms with Crippen LogP contribution in [0.25, 0.3) is 5.57 Å². The third kappa shape index (κ3) is 2.66. The summed E-state index contributed by atoms with van der Waals surface area (Å²) in [6, 6.07) is 13.9. The molecular weight excluding hydrogens is 396 g/mol. The number of ether oxygens (including phenoxy) is 1. The van der Waals surface area contributed by atoms with E-state index in [1.807, 2.05) is 49.4 Å². The number of rotatable bonds is 4. The van der Waals surface area contributed by atoms with Crippen LogP contribution < -0.4 is 9.64 Å². The first-order chi connectivity index (χ1) is 14.9. The van der Waals surface area contributed by atoms with Crippen LogP contribution in [0.15, 0.2) is 66.3 Å². The van der Waals surface area contributed by atoms with Gasteiger partial charge in [0.2, 0.25) is 11.8 Å². The third-order valence-corrected chi connectivity index (χ3v) is 6.67. The van der Waals surface area contributed by atoms with Crippen LogP contribution in [0.2, 0.25) is 0 Å². The minimum Gasteiger partial charge on any atom is -0.494 e. The predicted molar refractivity (Wildman–Crippen MR) is 114 cm³/mol. The number of imide groups is 1. The zero-order valence-electron chi connectivity index (χ0n) is 17.0. The average molecular weight is 416 g/mol.